The fourth-order valence-corrected chi connectivity index (χ4v) is 4.12. The predicted octanol–water partition coefficient (Wildman–Crippen LogP) is 2.07. The molecule has 6 nitrogen and oxygen atoms in total. The summed E-state index contributed by atoms with van der Waals surface area (Å²) in [5.74, 6) is -0.113. The zero-order valence-electron chi connectivity index (χ0n) is 15.4. The Morgan fingerprint density at radius 3 is 2.48 bits per heavy atom. The maximum atomic E-state index is 12.9. The predicted molar refractivity (Wildman–Crippen MR) is 106 cm³/mol. The largest absolute Gasteiger partial charge is 0.337 e. The molecule has 0 spiro atoms. The third-order valence-corrected chi connectivity index (χ3v) is 5.58. The van der Waals surface area contributed by atoms with E-state index in [1.807, 2.05) is 42.3 Å². The van der Waals surface area contributed by atoms with Crippen LogP contribution in [0.2, 0.25) is 0 Å². The summed E-state index contributed by atoms with van der Waals surface area (Å²) in [4.78, 5) is 26.9. The molecule has 4 rings (SSSR count). The monoisotopic (exact) mass is 388 g/mol. The Hall–Kier alpha value is -2.18. The summed E-state index contributed by atoms with van der Waals surface area (Å²) in [7, 11) is 1.85. The first-order valence-corrected chi connectivity index (χ1v) is 9.25. The molecule has 2 atom stereocenters. The van der Waals surface area contributed by atoms with Crippen LogP contribution in [-0.4, -0.2) is 45.8 Å². The molecule has 144 valence electrons. The van der Waals surface area contributed by atoms with E-state index in [-0.39, 0.29) is 29.9 Å². The van der Waals surface area contributed by atoms with Crippen molar-refractivity contribution in [3.05, 3.63) is 64.1 Å². The Labute approximate surface area is 165 Å². The lowest BCUT2D eigenvalue weighted by Crippen LogP contribution is -2.49. The number of nitrogens with one attached hydrogen (secondary N) is 1. The lowest BCUT2D eigenvalue weighted by Gasteiger charge is -2.35. The van der Waals surface area contributed by atoms with E-state index in [1.54, 1.807) is 6.07 Å². The van der Waals surface area contributed by atoms with Gasteiger partial charge in [0.1, 0.15) is 5.69 Å². The number of piperidine rings is 1. The summed E-state index contributed by atoms with van der Waals surface area (Å²) < 4.78 is 1.36. The Balaban J connectivity index is 0.00000210. The van der Waals surface area contributed by atoms with Crippen molar-refractivity contribution in [1.29, 1.82) is 0 Å². The molecule has 0 radical (unpaired) electrons. The van der Waals surface area contributed by atoms with Gasteiger partial charge in [0.05, 0.1) is 6.54 Å². The van der Waals surface area contributed by atoms with E-state index in [1.165, 1.54) is 23.6 Å². The van der Waals surface area contributed by atoms with Crippen molar-refractivity contribution < 1.29 is 4.79 Å². The van der Waals surface area contributed by atoms with Crippen LogP contribution < -0.4 is 10.9 Å². The summed E-state index contributed by atoms with van der Waals surface area (Å²) >= 11 is 0. The third-order valence-electron chi connectivity index (χ3n) is 5.58. The third kappa shape index (κ3) is 4.22. The van der Waals surface area contributed by atoms with Gasteiger partial charge in [-0.3, -0.25) is 9.59 Å². The Morgan fingerprint density at radius 2 is 1.81 bits per heavy atom. The quantitative estimate of drug-likeness (QED) is 0.870. The molecule has 2 aliphatic heterocycles. The number of aromatic nitrogens is 2. The first kappa shape index (κ1) is 19.6. The minimum Gasteiger partial charge on any atom is -0.337 e. The molecule has 1 aromatic carbocycles. The van der Waals surface area contributed by atoms with Crippen LogP contribution in [0.4, 0.5) is 0 Å². The summed E-state index contributed by atoms with van der Waals surface area (Å²) in [6.45, 7) is 0.363. The molecule has 2 aromatic rings. The van der Waals surface area contributed by atoms with Gasteiger partial charge in [-0.05, 0) is 37.3 Å². The summed E-state index contributed by atoms with van der Waals surface area (Å²) in [6, 6.07) is 13.9. The SMILES string of the molecule is CN(C(=O)c1ccc(=O)n(Cc2ccccc2)n1)C1CC2CCC(C1)N2.Cl. The van der Waals surface area contributed by atoms with Crippen molar-refractivity contribution in [2.24, 2.45) is 0 Å². The normalized spacial score (nSPS) is 23.5. The number of rotatable bonds is 4. The van der Waals surface area contributed by atoms with Crippen LogP contribution in [0.5, 0.6) is 0 Å². The number of carbonyl (C=O) groups is 1. The molecule has 27 heavy (non-hydrogen) atoms. The standard InChI is InChI=1S/C20H24N4O2.ClH/c1-23(17-11-15-7-8-16(12-17)21-15)20(26)18-9-10-19(25)24(22-18)13-14-5-3-2-4-6-14;/h2-6,9-10,15-17,21H,7-8,11-13H2,1H3;1H. The fourth-order valence-electron chi connectivity index (χ4n) is 4.12. The van der Waals surface area contributed by atoms with Crippen molar-refractivity contribution in [2.45, 2.75) is 50.4 Å². The first-order valence-electron chi connectivity index (χ1n) is 9.25. The van der Waals surface area contributed by atoms with Crippen LogP contribution in [0.1, 0.15) is 41.7 Å². The molecular weight excluding hydrogens is 364 g/mol. The van der Waals surface area contributed by atoms with E-state index < -0.39 is 0 Å². The Bertz CT molecular complexity index is 843. The van der Waals surface area contributed by atoms with Gasteiger partial charge in [-0.15, -0.1) is 12.4 Å². The Kier molecular flexibility index (Phi) is 5.97. The highest BCUT2D eigenvalue weighted by atomic mass is 35.5. The van der Waals surface area contributed by atoms with Crippen LogP contribution in [0.25, 0.3) is 0 Å². The van der Waals surface area contributed by atoms with Gasteiger partial charge in [0.2, 0.25) is 0 Å². The van der Waals surface area contributed by atoms with Gasteiger partial charge in [0.25, 0.3) is 11.5 Å². The van der Waals surface area contributed by atoms with Gasteiger partial charge in [-0.1, -0.05) is 30.3 Å². The second kappa shape index (κ2) is 8.23. The molecule has 1 amide bonds. The Morgan fingerprint density at radius 1 is 1.15 bits per heavy atom. The zero-order valence-corrected chi connectivity index (χ0v) is 16.2. The van der Waals surface area contributed by atoms with Crippen LogP contribution in [0.3, 0.4) is 0 Å². The number of nitrogens with zero attached hydrogens (tertiary/aromatic N) is 3. The number of fused-ring (bicyclic) bond motifs is 2. The molecule has 7 heteroatoms. The van der Waals surface area contributed by atoms with Crippen molar-refractivity contribution >= 4 is 18.3 Å². The number of carbonyl (C=O) groups excluding carboxylic acids is 1. The summed E-state index contributed by atoms with van der Waals surface area (Å²) in [5.41, 5.74) is 1.11. The van der Waals surface area contributed by atoms with Crippen LogP contribution in [0.15, 0.2) is 47.3 Å². The van der Waals surface area contributed by atoms with Gasteiger partial charge in [-0.25, -0.2) is 4.68 Å². The van der Waals surface area contributed by atoms with Gasteiger partial charge < -0.3 is 10.2 Å². The average Bonchev–Trinajstić information content (AvgIpc) is 3.01. The van der Waals surface area contributed by atoms with E-state index in [0.29, 0.717) is 24.3 Å². The molecular formula is C20H25ClN4O2. The van der Waals surface area contributed by atoms with Gasteiger partial charge >= 0.3 is 0 Å². The second-order valence-electron chi connectivity index (χ2n) is 7.38. The summed E-state index contributed by atoms with van der Waals surface area (Å²) in [6.07, 6.45) is 4.37. The van der Waals surface area contributed by atoms with Gasteiger partial charge in [0, 0.05) is 31.2 Å². The zero-order chi connectivity index (χ0) is 18.1. The number of hydrogen-bond acceptors (Lipinski definition) is 4. The highest BCUT2D eigenvalue weighted by Crippen LogP contribution is 2.29. The lowest BCUT2D eigenvalue weighted by atomic mass is 9.98. The van der Waals surface area contributed by atoms with Crippen molar-refractivity contribution in [2.75, 3.05) is 7.05 Å². The minimum atomic E-state index is -0.201. The second-order valence-corrected chi connectivity index (χ2v) is 7.38. The topological polar surface area (TPSA) is 67.2 Å². The number of hydrogen-bond donors (Lipinski definition) is 1. The maximum absolute atomic E-state index is 12.9. The van der Waals surface area contributed by atoms with Crippen LogP contribution >= 0.6 is 12.4 Å². The molecule has 2 unspecified atom stereocenters. The molecule has 0 saturated carbocycles. The van der Waals surface area contributed by atoms with Crippen LogP contribution in [0, 0.1) is 0 Å². The fraction of sp³-hybridized carbons (Fsp3) is 0.450. The molecule has 2 aliphatic rings. The molecule has 1 aromatic heterocycles. The van der Waals surface area contributed by atoms with Crippen LogP contribution in [-0.2, 0) is 6.54 Å². The molecule has 2 fully saturated rings. The highest BCUT2D eigenvalue weighted by Gasteiger charge is 2.36. The van der Waals surface area contributed by atoms with Gasteiger partial charge in [-0.2, -0.15) is 5.10 Å². The van der Waals surface area contributed by atoms with E-state index in [4.69, 9.17) is 0 Å². The maximum Gasteiger partial charge on any atom is 0.274 e. The molecule has 0 aliphatic carbocycles. The molecule has 3 heterocycles. The van der Waals surface area contributed by atoms with Crippen molar-refractivity contribution in [3.63, 3.8) is 0 Å². The average molecular weight is 389 g/mol. The van der Waals surface area contributed by atoms with Crippen molar-refractivity contribution in [1.82, 2.24) is 20.0 Å². The first-order chi connectivity index (χ1) is 12.6. The molecule has 2 saturated heterocycles. The summed E-state index contributed by atoms with van der Waals surface area (Å²) in [5, 5.41) is 7.93. The van der Waals surface area contributed by atoms with Crippen molar-refractivity contribution in [3.8, 4) is 0 Å². The van der Waals surface area contributed by atoms with E-state index in [2.05, 4.69) is 10.4 Å². The molecule has 2 bridgehead atoms. The minimum absolute atomic E-state index is 0. The lowest BCUT2D eigenvalue weighted by molar-refractivity contribution is 0.0673. The smallest absolute Gasteiger partial charge is 0.274 e. The number of amides is 1. The highest BCUT2D eigenvalue weighted by molar-refractivity contribution is 5.92. The number of halogens is 1. The van der Waals surface area contributed by atoms with E-state index >= 15 is 0 Å². The number of benzene rings is 1. The van der Waals surface area contributed by atoms with Gasteiger partial charge in [0.15, 0.2) is 0 Å². The van der Waals surface area contributed by atoms with E-state index in [9.17, 15) is 9.59 Å². The molecule has 1 N–H and O–H groups in total. The van der Waals surface area contributed by atoms with E-state index in [0.717, 1.165) is 18.4 Å².